The third-order valence-electron chi connectivity index (χ3n) is 8.26. The molecule has 1 saturated carbocycles. The van der Waals surface area contributed by atoms with Crippen molar-refractivity contribution < 1.29 is 9.18 Å². The Morgan fingerprint density at radius 2 is 1.65 bits per heavy atom. The zero-order valence-electron chi connectivity index (χ0n) is 21.6. The van der Waals surface area contributed by atoms with Gasteiger partial charge in [-0.25, -0.2) is 4.39 Å². The van der Waals surface area contributed by atoms with Gasteiger partial charge < -0.3 is 4.90 Å². The van der Waals surface area contributed by atoms with Gasteiger partial charge in [-0.3, -0.25) is 9.69 Å². The van der Waals surface area contributed by atoms with Crippen molar-refractivity contribution in [3.05, 3.63) is 106 Å². The molecule has 37 heavy (non-hydrogen) atoms. The van der Waals surface area contributed by atoms with Gasteiger partial charge in [0.1, 0.15) is 5.82 Å². The van der Waals surface area contributed by atoms with Crippen molar-refractivity contribution in [2.75, 3.05) is 19.6 Å². The molecule has 2 fully saturated rings. The topological polar surface area (TPSA) is 23.6 Å². The van der Waals surface area contributed by atoms with Crippen molar-refractivity contribution >= 4 is 17.5 Å². The van der Waals surface area contributed by atoms with Gasteiger partial charge in [0.25, 0.3) is 5.91 Å². The molecule has 0 unspecified atom stereocenters. The molecule has 0 aromatic heterocycles. The van der Waals surface area contributed by atoms with Crippen LogP contribution in [0.1, 0.15) is 65.1 Å². The molecule has 1 aliphatic carbocycles. The molecule has 0 radical (unpaired) electrons. The SMILES string of the molecule is Cc1ccccc1[C@@H]1CN(Cc2ccccc2Cl)C[C@@H]1CN(C(=O)c1ccc(F)cc1)C1CCCCC1. The Bertz CT molecular complexity index is 1210. The van der Waals surface area contributed by atoms with Gasteiger partial charge in [0.05, 0.1) is 0 Å². The molecule has 1 saturated heterocycles. The molecule has 1 amide bonds. The van der Waals surface area contributed by atoms with Crippen molar-refractivity contribution in [2.24, 2.45) is 5.92 Å². The lowest BCUT2D eigenvalue weighted by atomic mass is 9.85. The highest BCUT2D eigenvalue weighted by Crippen LogP contribution is 2.37. The molecule has 2 atom stereocenters. The molecule has 2 aliphatic rings. The second-order valence-corrected chi connectivity index (χ2v) is 11.2. The van der Waals surface area contributed by atoms with E-state index in [4.69, 9.17) is 11.6 Å². The maximum atomic E-state index is 13.8. The van der Waals surface area contributed by atoms with E-state index in [0.717, 1.165) is 55.9 Å². The standard InChI is InChI=1S/C32H36ClFN2O/c1-23-9-5-7-13-29(23)30-22-35(19-25-10-6-8-14-31(25)33)20-26(30)21-36(28-11-3-2-4-12-28)32(37)24-15-17-27(34)18-16-24/h5-10,13-18,26,28,30H,2-4,11-12,19-22H2,1H3/t26-,30-/m1/s1. The molecule has 3 aromatic rings. The Kier molecular flexibility index (Phi) is 8.26. The summed E-state index contributed by atoms with van der Waals surface area (Å²) in [6.07, 6.45) is 5.62. The molecule has 5 rings (SSSR count). The Hall–Kier alpha value is -2.69. The number of carbonyl (C=O) groups is 1. The van der Waals surface area contributed by atoms with E-state index in [9.17, 15) is 9.18 Å². The first-order valence-corrected chi connectivity index (χ1v) is 13.9. The summed E-state index contributed by atoms with van der Waals surface area (Å²) in [5, 5.41) is 0.800. The van der Waals surface area contributed by atoms with Crippen LogP contribution in [0.5, 0.6) is 0 Å². The van der Waals surface area contributed by atoms with Crippen LogP contribution in [0, 0.1) is 18.7 Å². The summed E-state index contributed by atoms with van der Waals surface area (Å²) < 4.78 is 13.6. The summed E-state index contributed by atoms with van der Waals surface area (Å²) in [5.74, 6) is 0.345. The van der Waals surface area contributed by atoms with E-state index in [0.29, 0.717) is 23.9 Å². The fourth-order valence-electron chi connectivity index (χ4n) is 6.30. The molecule has 5 heteroatoms. The van der Waals surface area contributed by atoms with E-state index in [2.05, 4.69) is 47.1 Å². The van der Waals surface area contributed by atoms with Crippen LogP contribution in [0.4, 0.5) is 4.39 Å². The number of halogens is 2. The molecule has 0 N–H and O–H groups in total. The first-order valence-electron chi connectivity index (χ1n) is 13.6. The average Bonchev–Trinajstić information content (AvgIpc) is 3.31. The van der Waals surface area contributed by atoms with Gasteiger partial charge in [0.15, 0.2) is 0 Å². The summed E-state index contributed by atoms with van der Waals surface area (Å²) in [6.45, 7) is 5.53. The van der Waals surface area contributed by atoms with Gasteiger partial charge in [0, 0.05) is 48.7 Å². The average molecular weight is 519 g/mol. The third kappa shape index (κ3) is 6.08. The number of benzene rings is 3. The van der Waals surface area contributed by atoms with E-state index in [1.54, 1.807) is 12.1 Å². The predicted octanol–water partition coefficient (Wildman–Crippen LogP) is 7.48. The Morgan fingerprint density at radius 3 is 2.38 bits per heavy atom. The van der Waals surface area contributed by atoms with Crippen molar-refractivity contribution in [1.82, 2.24) is 9.80 Å². The number of likely N-dealkylation sites (tertiary alicyclic amines) is 1. The number of nitrogens with zero attached hydrogens (tertiary/aromatic N) is 2. The van der Waals surface area contributed by atoms with Crippen LogP contribution in [-0.4, -0.2) is 41.4 Å². The third-order valence-corrected chi connectivity index (χ3v) is 8.62. The van der Waals surface area contributed by atoms with Gasteiger partial charge in [-0.1, -0.05) is 73.3 Å². The molecule has 1 heterocycles. The van der Waals surface area contributed by atoms with Crippen molar-refractivity contribution in [3.8, 4) is 0 Å². The fourth-order valence-corrected chi connectivity index (χ4v) is 6.49. The van der Waals surface area contributed by atoms with E-state index in [1.165, 1.54) is 29.7 Å². The van der Waals surface area contributed by atoms with Crippen molar-refractivity contribution in [1.29, 1.82) is 0 Å². The van der Waals surface area contributed by atoms with Crippen LogP contribution in [0.2, 0.25) is 5.02 Å². The zero-order valence-corrected chi connectivity index (χ0v) is 22.3. The van der Waals surface area contributed by atoms with Crippen LogP contribution < -0.4 is 0 Å². The summed E-state index contributed by atoms with van der Waals surface area (Å²) in [5.41, 5.74) is 4.38. The predicted molar refractivity (Wildman–Crippen MR) is 148 cm³/mol. The molecule has 3 nitrogen and oxygen atoms in total. The van der Waals surface area contributed by atoms with Gasteiger partial charge in [-0.05, 0) is 72.7 Å². The molecular weight excluding hydrogens is 483 g/mol. The summed E-state index contributed by atoms with van der Waals surface area (Å²) in [7, 11) is 0. The maximum Gasteiger partial charge on any atom is 0.254 e. The number of hydrogen-bond acceptors (Lipinski definition) is 2. The number of amides is 1. The lowest BCUT2D eigenvalue weighted by molar-refractivity contribution is 0.0588. The Morgan fingerprint density at radius 1 is 0.946 bits per heavy atom. The van der Waals surface area contributed by atoms with Crippen LogP contribution in [0.25, 0.3) is 0 Å². The highest BCUT2D eigenvalue weighted by Gasteiger charge is 2.38. The van der Waals surface area contributed by atoms with E-state index < -0.39 is 0 Å². The Labute approximate surface area is 225 Å². The first kappa shape index (κ1) is 25.9. The van der Waals surface area contributed by atoms with Crippen LogP contribution in [0.3, 0.4) is 0 Å². The molecule has 0 bridgehead atoms. The van der Waals surface area contributed by atoms with Gasteiger partial charge >= 0.3 is 0 Å². The lowest BCUT2D eigenvalue weighted by Crippen LogP contribution is -2.45. The summed E-state index contributed by atoms with van der Waals surface area (Å²) in [6, 6.07) is 23.0. The summed E-state index contributed by atoms with van der Waals surface area (Å²) >= 11 is 6.52. The normalized spacial score (nSPS) is 20.7. The maximum absolute atomic E-state index is 13.8. The smallest absolute Gasteiger partial charge is 0.254 e. The second kappa shape index (κ2) is 11.8. The Balaban J connectivity index is 1.44. The molecule has 194 valence electrons. The quantitative estimate of drug-likeness (QED) is 0.323. The van der Waals surface area contributed by atoms with E-state index in [1.807, 2.05) is 18.2 Å². The fraction of sp³-hybridized carbons (Fsp3) is 0.406. The first-order chi connectivity index (χ1) is 18.0. The summed E-state index contributed by atoms with van der Waals surface area (Å²) in [4.78, 5) is 18.5. The van der Waals surface area contributed by atoms with Gasteiger partial charge in [0.2, 0.25) is 0 Å². The highest BCUT2D eigenvalue weighted by molar-refractivity contribution is 6.31. The number of aryl methyl sites for hydroxylation is 1. The van der Waals surface area contributed by atoms with E-state index >= 15 is 0 Å². The monoisotopic (exact) mass is 518 g/mol. The molecule has 1 aliphatic heterocycles. The zero-order chi connectivity index (χ0) is 25.8. The number of hydrogen-bond donors (Lipinski definition) is 0. The number of carbonyl (C=O) groups excluding carboxylic acids is 1. The van der Waals surface area contributed by atoms with Crippen molar-refractivity contribution in [3.63, 3.8) is 0 Å². The largest absolute Gasteiger partial charge is 0.335 e. The molecule has 3 aromatic carbocycles. The minimum absolute atomic E-state index is 0.0278. The highest BCUT2D eigenvalue weighted by atomic mass is 35.5. The van der Waals surface area contributed by atoms with Crippen LogP contribution in [0.15, 0.2) is 72.8 Å². The molecular formula is C32H36ClFN2O. The minimum atomic E-state index is -0.314. The van der Waals surface area contributed by atoms with Gasteiger partial charge in [-0.15, -0.1) is 0 Å². The number of rotatable bonds is 7. The van der Waals surface area contributed by atoms with Crippen LogP contribution in [-0.2, 0) is 6.54 Å². The van der Waals surface area contributed by atoms with Crippen molar-refractivity contribution in [2.45, 2.75) is 57.5 Å². The van der Waals surface area contributed by atoms with Gasteiger partial charge in [-0.2, -0.15) is 0 Å². The lowest BCUT2D eigenvalue weighted by Gasteiger charge is -2.37. The molecule has 0 spiro atoms. The van der Waals surface area contributed by atoms with E-state index in [-0.39, 0.29) is 17.8 Å². The van der Waals surface area contributed by atoms with Crippen LogP contribution >= 0.6 is 11.6 Å². The second-order valence-electron chi connectivity index (χ2n) is 10.8. The minimum Gasteiger partial charge on any atom is -0.335 e.